The smallest absolute Gasteiger partial charge is 0.269 e. The summed E-state index contributed by atoms with van der Waals surface area (Å²) in [5.74, 6) is 0.115. The molecular formula is C16H23N3O4S. The van der Waals surface area contributed by atoms with Gasteiger partial charge in [-0.05, 0) is 38.5 Å². The van der Waals surface area contributed by atoms with E-state index >= 15 is 0 Å². The molecule has 2 atom stereocenters. The number of amides is 1. The first-order valence-corrected chi connectivity index (χ1v) is 10.6. The Morgan fingerprint density at radius 2 is 2.17 bits per heavy atom. The van der Waals surface area contributed by atoms with Crippen LogP contribution in [-0.2, 0) is 27.4 Å². The number of fused-ring (bicyclic) bond motifs is 1. The Morgan fingerprint density at radius 3 is 2.88 bits per heavy atom. The van der Waals surface area contributed by atoms with Gasteiger partial charge in [0.25, 0.3) is 5.91 Å². The maximum Gasteiger partial charge on any atom is 0.269 e. The fourth-order valence-electron chi connectivity index (χ4n) is 3.98. The van der Waals surface area contributed by atoms with Crippen LogP contribution in [0, 0.1) is 0 Å². The van der Waals surface area contributed by atoms with E-state index < -0.39 is 9.84 Å². The highest BCUT2D eigenvalue weighted by Crippen LogP contribution is 2.31. The van der Waals surface area contributed by atoms with Crippen molar-refractivity contribution in [2.45, 2.75) is 50.7 Å². The van der Waals surface area contributed by atoms with E-state index in [2.05, 4.69) is 10.4 Å². The third-order valence-electron chi connectivity index (χ3n) is 5.22. The Hall–Kier alpha value is -1.41. The molecule has 1 aromatic rings. The highest BCUT2D eigenvalue weighted by molar-refractivity contribution is 7.91. The van der Waals surface area contributed by atoms with Gasteiger partial charge in [0.05, 0.1) is 29.3 Å². The van der Waals surface area contributed by atoms with Gasteiger partial charge in [-0.25, -0.2) is 8.42 Å². The van der Waals surface area contributed by atoms with Gasteiger partial charge in [-0.1, -0.05) is 0 Å². The second kappa shape index (κ2) is 6.15. The summed E-state index contributed by atoms with van der Waals surface area (Å²) < 4.78 is 30.9. The lowest BCUT2D eigenvalue weighted by molar-refractivity contribution is 0.0846. The number of carbonyl (C=O) groups excluding carboxylic acids is 1. The molecule has 0 spiro atoms. The summed E-state index contributed by atoms with van der Waals surface area (Å²) in [6.07, 6.45) is 5.35. The van der Waals surface area contributed by atoms with Crippen LogP contribution >= 0.6 is 0 Å². The zero-order valence-electron chi connectivity index (χ0n) is 13.7. The van der Waals surface area contributed by atoms with Crippen LogP contribution in [0.5, 0.6) is 0 Å². The molecule has 0 saturated carbocycles. The van der Waals surface area contributed by atoms with E-state index in [1.807, 2.05) is 0 Å². The van der Waals surface area contributed by atoms with Crippen molar-refractivity contribution in [2.24, 2.45) is 0 Å². The fraction of sp³-hybridized carbons (Fsp3) is 0.750. The Bertz CT molecular complexity index is 750. The van der Waals surface area contributed by atoms with Crippen LogP contribution in [0.1, 0.15) is 53.5 Å². The molecule has 0 unspecified atom stereocenters. The van der Waals surface area contributed by atoms with Crippen molar-refractivity contribution >= 4 is 15.7 Å². The van der Waals surface area contributed by atoms with Gasteiger partial charge in [-0.2, -0.15) is 5.10 Å². The lowest BCUT2D eigenvalue weighted by Gasteiger charge is -2.16. The lowest BCUT2D eigenvalue weighted by Crippen LogP contribution is -2.34. The van der Waals surface area contributed by atoms with Gasteiger partial charge in [0.15, 0.2) is 9.84 Å². The molecule has 8 heteroatoms. The minimum atomic E-state index is -3.02. The zero-order valence-corrected chi connectivity index (χ0v) is 14.5. The molecule has 2 saturated heterocycles. The summed E-state index contributed by atoms with van der Waals surface area (Å²) >= 11 is 0. The molecule has 2 fully saturated rings. The fourth-order valence-corrected chi connectivity index (χ4v) is 5.67. The number of hydrogen-bond acceptors (Lipinski definition) is 5. The minimum Gasteiger partial charge on any atom is -0.376 e. The second-order valence-corrected chi connectivity index (χ2v) is 9.20. The number of aromatic nitrogens is 2. The highest BCUT2D eigenvalue weighted by atomic mass is 32.2. The normalized spacial score (nSPS) is 28.2. The lowest BCUT2D eigenvalue weighted by atomic mass is 10.1. The van der Waals surface area contributed by atoms with Crippen molar-refractivity contribution in [3.05, 3.63) is 17.0 Å². The topological polar surface area (TPSA) is 90.3 Å². The maximum absolute atomic E-state index is 12.8. The molecular weight excluding hydrogens is 330 g/mol. The van der Waals surface area contributed by atoms with Crippen LogP contribution in [-0.4, -0.2) is 54.9 Å². The van der Waals surface area contributed by atoms with Crippen molar-refractivity contribution in [3.8, 4) is 0 Å². The van der Waals surface area contributed by atoms with Crippen LogP contribution in [0.3, 0.4) is 0 Å². The first-order chi connectivity index (χ1) is 11.5. The van der Waals surface area contributed by atoms with Gasteiger partial charge < -0.3 is 10.1 Å². The zero-order chi connectivity index (χ0) is 16.7. The number of nitrogens with one attached hydrogen (secondary N) is 1. The van der Waals surface area contributed by atoms with Crippen molar-refractivity contribution in [1.29, 1.82) is 0 Å². The Balaban J connectivity index is 1.57. The second-order valence-electron chi connectivity index (χ2n) is 6.97. The standard InChI is InChI=1S/C16H23N3O4S/c20-16(17-9-12-3-2-7-23-12)15-13-4-1-5-14(13)18-19(15)11-6-8-24(21,22)10-11/h11-12H,1-10H2,(H,17,20)/t11-,12+/m1/s1. The van der Waals surface area contributed by atoms with Crippen LogP contribution in [0.25, 0.3) is 0 Å². The van der Waals surface area contributed by atoms with Gasteiger partial charge in [-0.3, -0.25) is 9.48 Å². The largest absolute Gasteiger partial charge is 0.376 e. The first-order valence-electron chi connectivity index (χ1n) is 8.74. The third-order valence-corrected chi connectivity index (χ3v) is 6.97. The number of carbonyl (C=O) groups is 1. The van der Waals surface area contributed by atoms with Crippen molar-refractivity contribution in [1.82, 2.24) is 15.1 Å². The highest BCUT2D eigenvalue weighted by Gasteiger charge is 2.35. The average Bonchev–Trinajstić information content (AvgIpc) is 3.27. The summed E-state index contributed by atoms with van der Waals surface area (Å²) in [7, 11) is -3.02. The predicted molar refractivity (Wildman–Crippen MR) is 87.9 cm³/mol. The molecule has 24 heavy (non-hydrogen) atoms. The maximum atomic E-state index is 12.8. The van der Waals surface area contributed by atoms with Gasteiger partial charge in [-0.15, -0.1) is 0 Å². The Labute approximate surface area is 141 Å². The molecule has 3 heterocycles. The quantitative estimate of drug-likeness (QED) is 0.858. The molecule has 0 aromatic carbocycles. The molecule has 1 aliphatic carbocycles. The minimum absolute atomic E-state index is 0.0829. The summed E-state index contributed by atoms with van der Waals surface area (Å²) in [6, 6.07) is -0.218. The molecule has 2 aliphatic heterocycles. The van der Waals surface area contributed by atoms with E-state index in [0.29, 0.717) is 18.7 Å². The van der Waals surface area contributed by atoms with Crippen molar-refractivity contribution < 1.29 is 17.9 Å². The number of hydrogen-bond donors (Lipinski definition) is 1. The van der Waals surface area contributed by atoms with E-state index in [4.69, 9.17) is 4.74 Å². The van der Waals surface area contributed by atoms with Crippen molar-refractivity contribution in [3.63, 3.8) is 0 Å². The summed E-state index contributed by atoms with van der Waals surface area (Å²) in [6.45, 7) is 1.26. The van der Waals surface area contributed by atoms with E-state index in [0.717, 1.165) is 50.0 Å². The van der Waals surface area contributed by atoms with E-state index in [1.165, 1.54) is 0 Å². The predicted octanol–water partition coefficient (Wildman–Crippen LogP) is 0.640. The van der Waals surface area contributed by atoms with Gasteiger partial charge >= 0.3 is 0 Å². The van der Waals surface area contributed by atoms with Crippen LogP contribution in [0.15, 0.2) is 0 Å². The van der Waals surface area contributed by atoms with Crippen LogP contribution < -0.4 is 5.32 Å². The molecule has 132 valence electrons. The number of ether oxygens (including phenoxy) is 1. The average molecular weight is 353 g/mol. The van der Waals surface area contributed by atoms with Crippen LogP contribution in [0.4, 0.5) is 0 Å². The third kappa shape index (κ3) is 2.97. The summed E-state index contributed by atoms with van der Waals surface area (Å²) in [5.41, 5.74) is 2.54. The van der Waals surface area contributed by atoms with Gasteiger partial charge in [0.1, 0.15) is 5.69 Å². The molecule has 1 aromatic heterocycles. The number of aryl methyl sites for hydroxylation is 1. The molecule has 7 nitrogen and oxygen atoms in total. The van der Waals surface area contributed by atoms with Crippen molar-refractivity contribution in [2.75, 3.05) is 24.7 Å². The Morgan fingerprint density at radius 1 is 1.29 bits per heavy atom. The molecule has 0 bridgehead atoms. The monoisotopic (exact) mass is 353 g/mol. The number of sulfone groups is 1. The van der Waals surface area contributed by atoms with Gasteiger partial charge in [0.2, 0.25) is 0 Å². The summed E-state index contributed by atoms with van der Waals surface area (Å²) in [4.78, 5) is 12.8. The first kappa shape index (κ1) is 16.1. The summed E-state index contributed by atoms with van der Waals surface area (Å²) in [5, 5.41) is 7.57. The SMILES string of the molecule is O=C(NC[C@@H]1CCCO1)c1c2c(nn1[C@@H]1CCS(=O)(=O)C1)CCC2. The Kier molecular flexibility index (Phi) is 4.12. The molecule has 4 rings (SSSR count). The molecule has 3 aliphatic rings. The van der Waals surface area contributed by atoms with Gasteiger partial charge in [0, 0.05) is 18.7 Å². The molecule has 1 N–H and O–H groups in total. The van der Waals surface area contributed by atoms with Crippen LogP contribution in [0.2, 0.25) is 0 Å². The molecule has 0 radical (unpaired) electrons. The van der Waals surface area contributed by atoms with E-state index in [1.54, 1.807) is 4.68 Å². The number of rotatable bonds is 4. The van der Waals surface area contributed by atoms with E-state index in [9.17, 15) is 13.2 Å². The number of nitrogens with zero attached hydrogens (tertiary/aromatic N) is 2. The van der Waals surface area contributed by atoms with E-state index in [-0.39, 0.29) is 29.6 Å². The molecule has 1 amide bonds.